The highest BCUT2D eigenvalue weighted by molar-refractivity contribution is 9.10. The molecule has 0 fully saturated rings. The zero-order chi connectivity index (χ0) is 13.0. The Kier molecular flexibility index (Phi) is 3.96. The third-order valence-electron chi connectivity index (χ3n) is 2.41. The molecule has 0 aliphatic carbocycles. The number of hydrogen-bond acceptors (Lipinski definition) is 2. The molecule has 0 radical (unpaired) electrons. The SMILES string of the molecule is N#Cc1cccc(COc2ccc(Br)cc2)c1F. The average molecular weight is 306 g/mol. The van der Waals surface area contributed by atoms with E-state index in [1.807, 2.05) is 12.1 Å². The van der Waals surface area contributed by atoms with Crippen LogP contribution in [0.15, 0.2) is 46.9 Å². The van der Waals surface area contributed by atoms with Crippen molar-refractivity contribution < 1.29 is 9.13 Å². The standard InChI is InChI=1S/C14H9BrFNO/c15-12-4-6-13(7-5-12)18-9-11-3-1-2-10(8-17)14(11)16/h1-7H,9H2. The van der Waals surface area contributed by atoms with Crippen LogP contribution in [0, 0.1) is 17.1 Å². The predicted molar refractivity (Wildman–Crippen MR) is 69.6 cm³/mol. The summed E-state index contributed by atoms with van der Waals surface area (Å²) in [7, 11) is 0. The highest BCUT2D eigenvalue weighted by Crippen LogP contribution is 2.19. The van der Waals surface area contributed by atoms with Crippen molar-refractivity contribution in [2.45, 2.75) is 6.61 Å². The summed E-state index contributed by atoms with van der Waals surface area (Å²) >= 11 is 3.32. The van der Waals surface area contributed by atoms with Crippen molar-refractivity contribution in [1.29, 1.82) is 5.26 Å². The Hall–Kier alpha value is -1.86. The maximum Gasteiger partial charge on any atom is 0.147 e. The van der Waals surface area contributed by atoms with E-state index in [1.165, 1.54) is 6.07 Å². The Bertz CT molecular complexity index is 590. The predicted octanol–water partition coefficient (Wildman–Crippen LogP) is 4.04. The van der Waals surface area contributed by atoms with Crippen molar-refractivity contribution in [3.63, 3.8) is 0 Å². The van der Waals surface area contributed by atoms with Crippen LogP contribution in [0.4, 0.5) is 4.39 Å². The van der Waals surface area contributed by atoms with E-state index in [4.69, 9.17) is 10.00 Å². The summed E-state index contributed by atoms with van der Waals surface area (Å²) < 4.78 is 20.1. The second-order valence-electron chi connectivity index (χ2n) is 3.63. The van der Waals surface area contributed by atoms with Crippen LogP contribution in [0.2, 0.25) is 0 Å². The number of halogens is 2. The molecular weight excluding hydrogens is 297 g/mol. The zero-order valence-electron chi connectivity index (χ0n) is 9.36. The van der Waals surface area contributed by atoms with Crippen LogP contribution in [0.3, 0.4) is 0 Å². The molecule has 0 spiro atoms. The van der Waals surface area contributed by atoms with Gasteiger partial charge in [-0.25, -0.2) is 4.39 Å². The first kappa shape index (κ1) is 12.6. The molecule has 0 saturated carbocycles. The van der Waals surface area contributed by atoms with Crippen LogP contribution >= 0.6 is 15.9 Å². The molecule has 18 heavy (non-hydrogen) atoms. The molecule has 0 unspecified atom stereocenters. The molecule has 0 saturated heterocycles. The second kappa shape index (κ2) is 5.65. The Morgan fingerprint density at radius 3 is 2.56 bits per heavy atom. The summed E-state index contributed by atoms with van der Waals surface area (Å²) in [5, 5.41) is 8.72. The van der Waals surface area contributed by atoms with Crippen molar-refractivity contribution in [3.05, 3.63) is 63.9 Å². The maximum absolute atomic E-state index is 13.7. The molecule has 0 amide bonds. The van der Waals surface area contributed by atoms with Gasteiger partial charge in [0.15, 0.2) is 0 Å². The van der Waals surface area contributed by atoms with Gasteiger partial charge in [-0.2, -0.15) is 5.26 Å². The molecule has 2 aromatic carbocycles. The third-order valence-corrected chi connectivity index (χ3v) is 2.94. The normalized spacial score (nSPS) is 9.83. The second-order valence-corrected chi connectivity index (χ2v) is 4.55. The van der Waals surface area contributed by atoms with Crippen LogP contribution in [-0.4, -0.2) is 0 Å². The zero-order valence-corrected chi connectivity index (χ0v) is 10.9. The van der Waals surface area contributed by atoms with E-state index in [0.717, 1.165) is 4.47 Å². The van der Waals surface area contributed by atoms with Crippen molar-refractivity contribution in [2.75, 3.05) is 0 Å². The lowest BCUT2D eigenvalue weighted by Gasteiger charge is -2.07. The largest absolute Gasteiger partial charge is 0.489 e. The number of benzene rings is 2. The molecule has 2 rings (SSSR count). The Labute approximate surface area is 113 Å². The number of hydrogen-bond donors (Lipinski definition) is 0. The minimum atomic E-state index is -0.517. The van der Waals surface area contributed by atoms with Crippen LogP contribution in [-0.2, 0) is 6.61 Å². The van der Waals surface area contributed by atoms with Crippen molar-refractivity contribution in [3.8, 4) is 11.8 Å². The van der Waals surface area contributed by atoms with E-state index in [-0.39, 0.29) is 12.2 Å². The number of ether oxygens (including phenoxy) is 1. The van der Waals surface area contributed by atoms with Crippen molar-refractivity contribution in [1.82, 2.24) is 0 Å². The Morgan fingerprint density at radius 2 is 1.89 bits per heavy atom. The number of nitrogens with zero attached hydrogens (tertiary/aromatic N) is 1. The highest BCUT2D eigenvalue weighted by atomic mass is 79.9. The monoisotopic (exact) mass is 305 g/mol. The Morgan fingerprint density at radius 1 is 1.17 bits per heavy atom. The fourth-order valence-electron chi connectivity index (χ4n) is 1.47. The van der Waals surface area contributed by atoms with E-state index < -0.39 is 5.82 Å². The Balaban J connectivity index is 2.11. The molecule has 0 bridgehead atoms. The summed E-state index contributed by atoms with van der Waals surface area (Å²) in [6, 6.07) is 13.8. The first-order valence-electron chi connectivity index (χ1n) is 5.26. The van der Waals surface area contributed by atoms with Gasteiger partial charge in [0.1, 0.15) is 24.2 Å². The van der Waals surface area contributed by atoms with E-state index >= 15 is 0 Å². The van der Waals surface area contributed by atoms with E-state index in [9.17, 15) is 4.39 Å². The van der Waals surface area contributed by atoms with Gasteiger partial charge in [0, 0.05) is 10.0 Å². The van der Waals surface area contributed by atoms with Gasteiger partial charge in [-0.3, -0.25) is 0 Å². The van der Waals surface area contributed by atoms with Gasteiger partial charge < -0.3 is 4.74 Å². The maximum atomic E-state index is 13.7. The fraction of sp³-hybridized carbons (Fsp3) is 0.0714. The molecule has 2 nitrogen and oxygen atoms in total. The molecule has 2 aromatic rings. The van der Waals surface area contributed by atoms with Crippen LogP contribution in [0.1, 0.15) is 11.1 Å². The molecule has 0 heterocycles. The first-order chi connectivity index (χ1) is 8.70. The van der Waals surface area contributed by atoms with Crippen molar-refractivity contribution in [2.24, 2.45) is 0 Å². The average Bonchev–Trinajstić information content (AvgIpc) is 2.39. The molecule has 4 heteroatoms. The highest BCUT2D eigenvalue weighted by Gasteiger charge is 2.07. The van der Waals surface area contributed by atoms with Crippen LogP contribution in [0.5, 0.6) is 5.75 Å². The minimum Gasteiger partial charge on any atom is -0.489 e. The van der Waals surface area contributed by atoms with Gasteiger partial charge >= 0.3 is 0 Å². The van der Waals surface area contributed by atoms with Gasteiger partial charge in [0.2, 0.25) is 0 Å². The number of rotatable bonds is 3. The van der Waals surface area contributed by atoms with Gasteiger partial charge in [0.05, 0.1) is 5.56 Å². The summed E-state index contributed by atoms with van der Waals surface area (Å²) in [5.74, 6) is 0.136. The quantitative estimate of drug-likeness (QED) is 0.857. The third kappa shape index (κ3) is 2.88. The lowest BCUT2D eigenvalue weighted by atomic mass is 10.1. The van der Waals surface area contributed by atoms with Gasteiger partial charge in [0.25, 0.3) is 0 Å². The molecule has 0 aliphatic heterocycles. The minimum absolute atomic E-state index is 0.0342. The van der Waals surface area contributed by atoms with E-state index in [0.29, 0.717) is 11.3 Å². The molecule has 0 aliphatic rings. The van der Waals surface area contributed by atoms with Gasteiger partial charge in [-0.15, -0.1) is 0 Å². The molecule has 0 aromatic heterocycles. The first-order valence-corrected chi connectivity index (χ1v) is 6.06. The molecular formula is C14H9BrFNO. The van der Waals surface area contributed by atoms with Gasteiger partial charge in [-0.1, -0.05) is 28.1 Å². The van der Waals surface area contributed by atoms with Gasteiger partial charge in [-0.05, 0) is 30.3 Å². The fourth-order valence-corrected chi connectivity index (χ4v) is 1.73. The summed E-state index contributed by atoms with van der Waals surface area (Å²) in [6.07, 6.45) is 0. The summed E-state index contributed by atoms with van der Waals surface area (Å²) in [4.78, 5) is 0. The lowest BCUT2D eigenvalue weighted by molar-refractivity contribution is 0.299. The molecule has 0 N–H and O–H groups in total. The topological polar surface area (TPSA) is 33.0 Å². The van der Waals surface area contributed by atoms with Crippen molar-refractivity contribution >= 4 is 15.9 Å². The van der Waals surface area contributed by atoms with Crippen LogP contribution < -0.4 is 4.74 Å². The van der Waals surface area contributed by atoms with E-state index in [1.54, 1.807) is 30.3 Å². The molecule has 0 atom stereocenters. The summed E-state index contributed by atoms with van der Waals surface area (Å²) in [5.41, 5.74) is 0.406. The number of nitriles is 1. The van der Waals surface area contributed by atoms with E-state index in [2.05, 4.69) is 15.9 Å². The lowest BCUT2D eigenvalue weighted by Crippen LogP contribution is -2.00. The summed E-state index contributed by atoms with van der Waals surface area (Å²) in [6.45, 7) is 0.100. The molecule has 90 valence electrons. The smallest absolute Gasteiger partial charge is 0.147 e. The van der Waals surface area contributed by atoms with Crippen LogP contribution in [0.25, 0.3) is 0 Å².